The van der Waals surface area contributed by atoms with Crippen molar-refractivity contribution in [1.29, 1.82) is 0 Å². The Hall–Kier alpha value is -1.48. The molecule has 3 heteroatoms. The average Bonchev–Trinajstić information content (AvgIpc) is 3.44. The molecule has 1 aliphatic heterocycles. The highest BCUT2D eigenvalue weighted by atomic mass is 16.5. The van der Waals surface area contributed by atoms with E-state index in [1.807, 2.05) is 0 Å². The molecule has 26 heavy (non-hydrogen) atoms. The smallest absolute Gasteiger partial charge is 0.161 e. The first-order chi connectivity index (χ1) is 12.7. The largest absolute Gasteiger partial charge is 0.490 e. The lowest BCUT2D eigenvalue weighted by Crippen LogP contribution is -2.41. The van der Waals surface area contributed by atoms with Gasteiger partial charge < -0.3 is 14.4 Å². The van der Waals surface area contributed by atoms with Crippen molar-refractivity contribution in [3.05, 3.63) is 35.9 Å². The van der Waals surface area contributed by atoms with Crippen molar-refractivity contribution in [2.45, 2.75) is 63.3 Å². The quantitative estimate of drug-likeness (QED) is 0.487. The number of rotatable bonds is 8. The molecule has 0 spiro atoms. The first kappa shape index (κ1) is 17.9. The maximum Gasteiger partial charge on any atom is 0.161 e. The van der Waals surface area contributed by atoms with Crippen molar-refractivity contribution < 1.29 is 9.47 Å². The van der Waals surface area contributed by atoms with Gasteiger partial charge >= 0.3 is 0 Å². The molecule has 2 aliphatic carbocycles. The molecule has 2 atom stereocenters. The van der Waals surface area contributed by atoms with Crippen LogP contribution in [0.5, 0.6) is 11.5 Å². The number of ether oxygens (including phenoxy) is 2. The standard InChI is InChI=1S/C23H33NO2/c1-3-4-15-25-21-16-19(10-11-20(21)26-17-18-8-9-18)23-12-6-5-7-22(23)24(2)14-13-23/h6,10-12,16,18,22H,3-5,7-9,13-15,17H2,1-2H3/t22?,23-/m0/s1. The average molecular weight is 356 g/mol. The Kier molecular flexibility index (Phi) is 5.26. The number of benzene rings is 1. The Bertz CT molecular complexity index is 652. The van der Waals surface area contributed by atoms with Crippen LogP contribution in [0, 0.1) is 5.92 Å². The second kappa shape index (κ2) is 7.64. The molecule has 1 heterocycles. The molecule has 0 N–H and O–H groups in total. The van der Waals surface area contributed by atoms with Gasteiger partial charge in [0.2, 0.25) is 0 Å². The predicted molar refractivity (Wildman–Crippen MR) is 106 cm³/mol. The maximum atomic E-state index is 6.17. The van der Waals surface area contributed by atoms with Crippen LogP contribution in [0.1, 0.15) is 57.4 Å². The molecule has 0 radical (unpaired) electrons. The third kappa shape index (κ3) is 3.51. The summed E-state index contributed by atoms with van der Waals surface area (Å²) >= 11 is 0. The molecule has 0 aromatic heterocycles. The normalized spacial score (nSPS) is 28.2. The van der Waals surface area contributed by atoms with E-state index in [1.165, 1.54) is 44.2 Å². The minimum absolute atomic E-state index is 0.144. The van der Waals surface area contributed by atoms with E-state index in [0.717, 1.165) is 43.5 Å². The Morgan fingerprint density at radius 2 is 2.04 bits per heavy atom. The van der Waals surface area contributed by atoms with Gasteiger partial charge in [-0.1, -0.05) is 31.6 Å². The van der Waals surface area contributed by atoms with Gasteiger partial charge in [-0.05, 0) is 75.7 Å². The summed E-state index contributed by atoms with van der Waals surface area (Å²) in [4.78, 5) is 2.54. The minimum Gasteiger partial charge on any atom is -0.490 e. The van der Waals surface area contributed by atoms with E-state index in [9.17, 15) is 0 Å². The summed E-state index contributed by atoms with van der Waals surface area (Å²) in [6.07, 6.45) is 13.4. The van der Waals surface area contributed by atoms with Gasteiger partial charge in [-0.15, -0.1) is 0 Å². The number of nitrogens with zero attached hydrogens (tertiary/aromatic N) is 1. The molecule has 3 aliphatic rings. The van der Waals surface area contributed by atoms with E-state index >= 15 is 0 Å². The molecule has 1 saturated carbocycles. The summed E-state index contributed by atoms with van der Waals surface area (Å²) in [6.45, 7) is 4.97. The van der Waals surface area contributed by atoms with Crippen LogP contribution >= 0.6 is 0 Å². The van der Waals surface area contributed by atoms with Crippen LogP contribution in [0.2, 0.25) is 0 Å². The highest BCUT2D eigenvalue weighted by molar-refractivity contribution is 5.48. The molecule has 0 amide bonds. The summed E-state index contributed by atoms with van der Waals surface area (Å²) in [5.74, 6) is 2.62. The SMILES string of the molecule is CCCCOc1cc([C@@]23C=CCCC2N(C)CC3)ccc1OCC1CC1. The molecular formula is C23H33NO2. The van der Waals surface area contributed by atoms with Gasteiger partial charge in [-0.3, -0.25) is 0 Å². The maximum absolute atomic E-state index is 6.17. The van der Waals surface area contributed by atoms with Gasteiger partial charge in [-0.2, -0.15) is 0 Å². The van der Waals surface area contributed by atoms with Crippen LogP contribution in [0.25, 0.3) is 0 Å². The van der Waals surface area contributed by atoms with Gasteiger partial charge in [0.05, 0.1) is 13.2 Å². The molecule has 142 valence electrons. The van der Waals surface area contributed by atoms with Crippen LogP contribution < -0.4 is 9.47 Å². The van der Waals surface area contributed by atoms with Crippen molar-refractivity contribution in [3.8, 4) is 11.5 Å². The molecular weight excluding hydrogens is 322 g/mol. The van der Waals surface area contributed by atoms with Gasteiger partial charge in [0, 0.05) is 11.5 Å². The summed E-state index contributed by atoms with van der Waals surface area (Å²) in [5, 5.41) is 0. The van der Waals surface area contributed by atoms with Crippen LogP contribution in [-0.2, 0) is 5.41 Å². The fourth-order valence-corrected chi connectivity index (χ4v) is 4.58. The van der Waals surface area contributed by atoms with Crippen LogP contribution in [-0.4, -0.2) is 37.7 Å². The second-order valence-electron chi connectivity index (χ2n) is 8.38. The molecule has 1 saturated heterocycles. The molecule has 0 bridgehead atoms. The Labute approximate surface area is 158 Å². The molecule has 4 rings (SSSR count). The van der Waals surface area contributed by atoms with Crippen molar-refractivity contribution in [2.24, 2.45) is 5.92 Å². The fraction of sp³-hybridized carbons (Fsp3) is 0.652. The number of allylic oxidation sites excluding steroid dienone is 1. The lowest BCUT2D eigenvalue weighted by Gasteiger charge is -2.38. The fourth-order valence-electron chi connectivity index (χ4n) is 4.58. The number of fused-ring (bicyclic) bond motifs is 1. The Morgan fingerprint density at radius 3 is 2.85 bits per heavy atom. The van der Waals surface area contributed by atoms with Gasteiger partial charge in [0.25, 0.3) is 0 Å². The molecule has 1 aromatic rings. The summed E-state index contributed by atoms with van der Waals surface area (Å²) in [6, 6.07) is 7.33. The number of likely N-dealkylation sites (tertiary alicyclic amines) is 1. The van der Waals surface area contributed by atoms with E-state index in [2.05, 4.69) is 49.2 Å². The van der Waals surface area contributed by atoms with E-state index in [0.29, 0.717) is 6.04 Å². The number of unbranched alkanes of at least 4 members (excludes halogenated alkanes) is 1. The topological polar surface area (TPSA) is 21.7 Å². The van der Waals surface area contributed by atoms with Crippen LogP contribution in [0.3, 0.4) is 0 Å². The van der Waals surface area contributed by atoms with Crippen molar-refractivity contribution >= 4 is 0 Å². The summed E-state index contributed by atoms with van der Waals surface area (Å²) in [5.41, 5.74) is 1.54. The zero-order valence-electron chi connectivity index (χ0n) is 16.4. The Balaban J connectivity index is 1.61. The van der Waals surface area contributed by atoms with E-state index in [-0.39, 0.29) is 5.41 Å². The predicted octanol–water partition coefficient (Wildman–Crippen LogP) is 4.95. The van der Waals surface area contributed by atoms with Crippen LogP contribution in [0.4, 0.5) is 0 Å². The highest BCUT2D eigenvalue weighted by Gasteiger charge is 2.46. The van der Waals surface area contributed by atoms with Crippen molar-refractivity contribution in [3.63, 3.8) is 0 Å². The van der Waals surface area contributed by atoms with Gasteiger partial charge in [0.15, 0.2) is 11.5 Å². The number of hydrogen-bond donors (Lipinski definition) is 0. The molecule has 1 aromatic carbocycles. The minimum atomic E-state index is 0.144. The number of hydrogen-bond acceptors (Lipinski definition) is 3. The third-order valence-corrected chi connectivity index (χ3v) is 6.43. The van der Waals surface area contributed by atoms with E-state index in [4.69, 9.17) is 9.47 Å². The summed E-state index contributed by atoms with van der Waals surface area (Å²) < 4.78 is 12.3. The zero-order valence-corrected chi connectivity index (χ0v) is 16.4. The summed E-state index contributed by atoms with van der Waals surface area (Å²) in [7, 11) is 2.28. The van der Waals surface area contributed by atoms with Gasteiger partial charge in [-0.25, -0.2) is 0 Å². The highest BCUT2D eigenvalue weighted by Crippen LogP contribution is 2.47. The molecule has 3 nitrogen and oxygen atoms in total. The first-order valence-corrected chi connectivity index (χ1v) is 10.5. The van der Waals surface area contributed by atoms with E-state index in [1.54, 1.807) is 0 Å². The first-order valence-electron chi connectivity index (χ1n) is 10.5. The van der Waals surface area contributed by atoms with Crippen molar-refractivity contribution in [2.75, 3.05) is 26.8 Å². The monoisotopic (exact) mass is 355 g/mol. The Morgan fingerprint density at radius 1 is 1.15 bits per heavy atom. The second-order valence-corrected chi connectivity index (χ2v) is 8.38. The lowest BCUT2D eigenvalue weighted by atomic mass is 9.70. The van der Waals surface area contributed by atoms with Crippen molar-refractivity contribution in [1.82, 2.24) is 4.90 Å². The third-order valence-electron chi connectivity index (χ3n) is 6.43. The molecule has 2 fully saturated rings. The van der Waals surface area contributed by atoms with Gasteiger partial charge in [0.1, 0.15) is 0 Å². The van der Waals surface area contributed by atoms with Crippen LogP contribution in [0.15, 0.2) is 30.4 Å². The lowest BCUT2D eigenvalue weighted by molar-refractivity contribution is 0.245. The number of likely N-dealkylation sites (N-methyl/N-ethyl adjacent to an activating group) is 1. The zero-order chi connectivity index (χ0) is 18.0. The molecule has 1 unspecified atom stereocenters. The van der Waals surface area contributed by atoms with E-state index < -0.39 is 0 Å².